The number of amides is 1. The van der Waals surface area contributed by atoms with E-state index in [4.69, 9.17) is 0 Å². The third-order valence-corrected chi connectivity index (χ3v) is 4.24. The molecule has 1 aliphatic carbocycles. The van der Waals surface area contributed by atoms with Gasteiger partial charge in [0.25, 0.3) is 5.69 Å². The lowest BCUT2D eigenvalue weighted by molar-refractivity contribution is -0.384. The van der Waals surface area contributed by atoms with E-state index in [1.165, 1.54) is 12.1 Å². The van der Waals surface area contributed by atoms with E-state index in [0.717, 1.165) is 24.9 Å². The molecule has 6 nitrogen and oxygen atoms in total. The van der Waals surface area contributed by atoms with Gasteiger partial charge in [-0.3, -0.25) is 14.9 Å². The highest BCUT2D eigenvalue weighted by atomic mass is 16.6. The first-order valence-electron chi connectivity index (χ1n) is 7.34. The van der Waals surface area contributed by atoms with E-state index in [9.17, 15) is 14.9 Å². The SMILES string of the molecule is C[C@@H](N[C@@H]1CC(=O)N(C2CC2)C1)c1ccc([N+](=O)[O-])cc1. The lowest BCUT2D eigenvalue weighted by Gasteiger charge is -2.20. The number of hydrogen-bond donors (Lipinski definition) is 1. The minimum absolute atomic E-state index is 0.0720. The van der Waals surface area contributed by atoms with E-state index in [2.05, 4.69) is 5.32 Å². The third-order valence-electron chi connectivity index (χ3n) is 4.24. The minimum Gasteiger partial charge on any atom is -0.338 e. The van der Waals surface area contributed by atoms with Crippen molar-refractivity contribution in [3.05, 3.63) is 39.9 Å². The van der Waals surface area contributed by atoms with Gasteiger partial charge in [0.1, 0.15) is 0 Å². The molecular formula is C15H19N3O3. The maximum atomic E-state index is 11.9. The molecule has 1 saturated heterocycles. The molecule has 1 N–H and O–H groups in total. The average molecular weight is 289 g/mol. The first-order valence-corrected chi connectivity index (χ1v) is 7.34. The molecule has 112 valence electrons. The van der Waals surface area contributed by atoms with Crippen LogP contribution in [0.25, 0.3) is 0 Å². The Bertz CT molecular complexity index is 554. The topological polar surface area (TPSA) is 75.5 Å². The molecule has 21 heavy (non-hydrogen) atoms. The molecule has 3 rings (SSSR count). The lowest BCUT2D eigenvalue weighted by atomic mass is 10.1. The van der Waals surface area contributed by atoms with Crippen LogP contribution in [0.2, 0.25) is 0 Å². The molecule has 6 heteroatoms. The zero-order valence-electron chi connectivity index (χ0n) is 12.0. The molecule has 2 fully saturated rings. The van der Waals surface area contributed by atoms with Crippen molar-refractivity contribution in [3.8, 4) is 0 Å². The molecule has 0 radical (unpaired) electrons. The van der Waals surface area contributed by atoms with Crippen LogP contribution in [0.3, 0.4) is 0 Å². The van der Waals surface area contributed by atoms with Gasteiger partial charge < -0.3 is 10.2 Å². The Balaban J connectivity index is 1.59. The van der Waals surface area contributed by atoms with Crippen molar-refractivity contribution in [2.24, 2.45) is 0 Å². The van der Waals surface area contributed by atoms with Gasteiger partial charge in [0.2, 0.25) is 5.91 Å². The van der Waals surface area contributed by atoms with Crippen molar-refractivity contribution in [1.29, 1.82) is 0 Å². The van der Waals surface area contributed by atoms with Gasteiger partial charge in [0.05, 0.1) is 4.92 Å². The van der Waals surface area contributed by atoms with Crippen LogP contribution in [-0.4, -0.2) is 34.4 Å². The first kappa shape index (κ1) is 14.0. The number of rotatable bonds is 5. The maximum Gasteiger partial charge on any atom is 0.269 e. The highest BCUT2D eigenvalue weighted by Gasteiger charge is 2.39. The van der Waals surface area contributed by atoms with Crippen LogP contribution in [0.1, 0.15) is 37.8 Å². The summed E-state index contributed by atoms with van der Waals surface area (Å²) >= 11 is 0. The predicted octanol–water partition coefficient (Wildman–Crippen LogP) is 2.01. The van der Waals surface area contributed by atoms with Crippen LogP contribution in [0.4, 0.5) is 5.69 Å². The molecule has 1 aliphatic heterocycles. The zero-order chi connectivity index (χ0) is 15.0. The van der Waals surface area contributed by atoms with Crippen molar-refractivity contribution >= 4 is 11.6 Å². The largest absolute Gasteiger partial charge is 0.338 e. The third kappa shape index (κ3) is 3.05. The van der Waals surface area contributed by atoms with Gasteiger partial charge in [-0.25, -0.2) is 0 Å². The van der Waals surface area contributed by atoms with Gasteiger partial charge in [-0.1, -0.05) is 12.1 Å². The molecule has 1 saturated carbocycles. The second-order valence-electron chi connectivity index (χ2n) is 5.92. The van der Waals surface area contributed by atoms with Gasteiger partial charge in [-0.15, -0.1) is 0 Å². The van der Waals surface area contributed by atoms with E-state index < -0.39 is 4.92 Å². The minimum atomic E-state index is -0.398. The standard InChI is InChI=1S/C15H19N3O3/c1-10(11-2-4-14(5-3-11)18(20)21)16-12-8-15(19)17(9-12)13-6-7-13/h2-5,10,12-13,16H,6-9H2,1H3/t10-,12-/m1/s1. The summed E-state index contributed by atoms with van der Waals surface area (Å²) in [5, 5.41) is 14.1. The van der Waals surface area contributed by atoms with E-state index in [-0.39, 0.29) is 23.7 Å². The number of benzene rings is 1. The summed E-state index contributed by atoms with van der Waals surface area (Å²) in [5.74, 6) is 0.242. The summed E-state index contributed by atoms with van der Waals surface area (Å²) in [6, 6.07) is 7.29. The van der Waals surface area contributed by atoms with E-state index in [1.807, 2.05) is 11.8 Å². The summed E-state index contributed by atoms with van der Waals surface area (Å²) < 4.78 is 0. The fraction of sp³-hybridized carbons (Fsp3) is 0.533. The summed E-state index contributed by atoms with van der Waals surface area (Å²) in [6.45, 7) is 2.80. The molecule has 0 spiro atoms. The Morgan fingerprint density at radius 2 is 2.00 bits per heavy atom. The first-order chi connectivity index (χ1) is 10.0. The van der Waals surface area contributed by atoms with Gasteiger partial charge in [-0.2, -0.15) is 0 Å². The van der Waals surface area contributed by atoms with Crippen LogP contribution in [0.15, 0.2) is 24.3 Å². The highest BCUT2D eigenvalue weighted by Crippen LogP contribution is 2.31. The summed E-state index contributed by atoms with van der Waals surface area (Å²) in [7, 11) is 0. The van der Waals surface area contributed by atoms with E-state index >= 15 is 0 Å². The molecule has 1 aromatic rings. The summed E-state index contributed by atoms with van der Waals surface area (Å²) in [6.07, 6.45) is 2.82. The van der Waals surface area contributed by atoms with Crippen LogP contribution >= 0.6 is 0 Å². The number of carbonyl (C=O) groups excluding carboxylic acids is 1. The fourth-order valence-electron chi connectivity index (χ4n) is 2.92. The molecule has 0 aromatic heterocycles. The molecule has 1 aromatic carbocycles. The number of nitro groups is 1. The Kier molecular flexibility index (Phi) is 3.63. The molecule has 1 amide bonds. The monoisotopic (exact) mass is 289 g/mol. The van der Waals surface area contributed by atoms with Crippen LogP contribution in [-0.2, 0) is 4.79 Å². The van der Waals surface area contributed by atoms with Gasteiger partial charge in [0.15, 0.2) is 0 Å². The predicted molar refractivity (Wildman–Crippen MR) is 77.8 cm³/mol. The zero-order valence-corrected chi connectivity index (χ0v) is 12.0. The number of likely N-dealkylation sites (tertiary alicyclic amines) is 1. The number of nitrogens with zero attached hydrogens (tertiary/aromatic N) is 2. The van der Waals surface area contributed by atoms with Crippen LogP contribution in [0, 0.1) is 10.1 Å². The Morgan fingerprint density at radius 3 is 2.57 bits per heavy atom. The van der Waals surface area contributed by atoms with E-state index in [0.29, 0.717) is 12.5 Å². The molecule has 2 atom stereocenters. The number of hydrogen-bond acceptors (Lipinski definition) is 4. The average Bonchev–Trinajstić information content (AvgIpc) is 3.23. The molecule has 0 unspecified atom stereocenters. The Hall–Kier alpha value is -1.95. The lowest BCUT2D eigenvalue weighted by Crippen LogP contribution is -2.35. The number of non-ortho nitro benzene ring substituents is 1. The molecular weight excluding hydrogens is 270 g/mol. The molecule has 0 bridgehead atoms. The normalized spacial score (nSPS) is 23.4. The molecule has 1 heterocycles. The van der Waals surface area contributed by atoms with Crippen molar-refractivity contribution in [1.82, 2.24) is 10.2 Å². The Labute approximate surface area is 123 Å². The van der Waals surface area contributed by atoms with Crippen molar-refractivity contribution < 1.29 is 9.72 Å². The summed E-state index contributed by atoms with van der Waals surface area (Å²) in [5.41, 5.74) is 1.10. The van der Waals surface area contributed by atoms with Gasteiger partial charge >= 0.3 is 0 Å². The quantitative estimate of drug-likeness (QED) is 0.664. The highest BCUT2D eigenvalue weighted by molar-refractivity contribution is 5.80. The number of nitro benzene ring substituents is 1. The van der Waals surface area contributed by atoms with Gasteiger partial charge in [0, 0.05) is 43.2 Å². The van der Waals surface area contributed by atoms with Crippen LogP contribution in [0.5, 0.6) is 0 Å². The summed E-state index contributed by atoms with van der Waals surface area (Å²) in [4.78, 5) is 24.2. The maximum absolute atomic E-state index is 11.9. The van der Waals surface area contributed by atoms with Gasteiger partial charge in [-0.05, 0) is 25.3 Å². The van der Waals surface area contributed by atoms with Crippen molar-refractivity contribution in [2.45, 2.75) is 44.3 Å². The smallest absolute Gasteiger partial charge is 0.269 e. The number of carbonyl (C=O) groups is 1. The van der Waals surface area contributed by atoms with Crippen molar-refractivity contribution in [3.63, 3.8) is 0 Å². The van der Waals surface area contributed by atoms with Crippen molar-refractivity contribution in [2.75, 3.05) is 6.54 Å². The molecule has 2 aliphatic rings. The van der Waals surface area contributed by atoms with E-state index in [1.54, 1.807) is 12.1 Å². The number of nitrogens with one attached hydrogen (secondary N) is 1. The fourth-order valence-corrected chi connectivity index (χ4v) is 2.92. The second kappa shape index (κ2) is 5.44. The second-order valence-corrected chi connectivity index (χ2v) is 5.92. The van der Waals surface area contributed by atoms with Crippen LogP contribution < -0.4 is 5.32 Å². The Morgan fingerprint density at radius 1 is 1.33 bits per heavy atom.